The van der Waals surface area contributed by atoms with E-state index in [0.717, 1.165) is 16.0 Å². The molecule has 0 aliphatic heterocycles. The first-order valence-electron chi connectivity index (χ1n) is 7.08. The number of hydrogen-bond donors (Lipinski definition) is 0. The highest BCUT2D eigenvalue weighted by Crippen LogP contribution is 2.26. The van der Waals surface area contributed by atoms with Crippen LogP contribution in [0.1, 0.15) is 19.9 Å². The van der Waals surface area contributed by atoms with Crippen molar-refractivity contribution in [3.8, 4) is 10.7 Å². The first-order valence-corrected chi connectivity index (χ1v) is 7.96. The molecule has 0 saturated heterocycles. The lowest BCUT2D eigenvalue weighted by Crippen LogP contribution is -2.24. The van der Waals surface area contributed by atoms with E-state index in [4.69, 9.17) is 0 Å². The number of aromatic nitrogens is 4. The van der Waals surface area contributed by atoms with Crippen LogP contribution in [0.4, 0.5) is 0 Å². The van der Waals surface area contributed by atoms with Gasteiger partial charge in [-0.3, -0.25) is 9.20 Å². The average molecular weight is 310 g/mol. The Morgan fingerprint density at radius 1 is 1.14 bits per heavy atom. The van der Waals surface area contributed by atoms with Crippen molar-refractivity contribution in [2.24, 2.45) is 0 Å². The third kappa shape index (κ3) is 1.74. The summed E-state index contributed by atoms with van der Waals surface area (Å²) in [6.45, 7) is 4.04. The van der Waals surface area contributed by atoms with Gasteiger partial charge in [-0.2, -0.15) is 0 Å². The SMILES string of the molecule is CC(C)n1c(=O)c2c(-c3nccs3)ncn2c2ccccc21. The molecule has 0 aliphatic carbocycles. The van der Waals surface area contributed by atoms with Gasteiger partial charge in [0.15, 0.2) is 0 Å². The zero-order valence-electron chi connectivity index (χ0n) is 12.2. The lowest BCUT2D eigenvalue weighted by Gasteiger charge is -2.15. The van der Waals surface area contributed by atoms with Gasteiger partial charge >= 0.3 is 0 Å². The minimum Gasteiger partial charge on any atom is -0.302 e. The summed E-state index contributed by atoms with van der Waals surface area (Å²) in [5.74, 6) is 0. The van der Waals surface area contributed by atoms with Gasteiger partial charge in [-0.15, -0.1) is 11.3 Å². The molecule has 1 aromatic carbocycles. The minimum atomic E-state index is -0.0311. The maximum Gasteiger partial charge on any atom is 0.277 e. The summed E-state index contributed by atoms with van der Waals surface area (Å²) in [5.41, 5.74) is 3.10. The van der Waals surface area contributed by atoms with E-state index in [-0.39, 0.29) is 11.6 Å². The van der Waals surface area contributed by atoms with Gasteiger partial charge in [0.2, 0.25) is 0 Å². The van der Waals surface area contributed by atoms with Crippen molar-refractivity contribution in [1.29, 1.82) is 0 Å². The molecule has 0 bridgehead atoms. The molecule has 0 spiro atoms. The molecule has 0 aliphatic rings. The third-order valence-electron chi connectivity index (χ3n) is 3.74. The van der Waals surface area contributed by atoms with Crippen LogP contribution in [0.25, 0.3) is 27.3 Å². The molecule has 0 N–H and O–H groups in total. The van der Waals surface area contributed by atoms with E-state index >= 15 is 0 Å². The molecule has 0 unspecified atom stereocenters. The standard InChI is InChI=1S/C16H14N4OS/c1-10(2)20-12-6-4-3-5-11(12)19-9-18-13(14(19)16(20)21)15-17-7-8-22-15/h3-10H,1-2H3. The molecule has 5 nitrogen and oxygen atoms in total. The summed E-state index contributed by atoms with van der Waals surface area (Å²) in [6, 6.07) is 7.97. The summed E-state index contributed by atoms with van der Waals surface area (Å²) < 4.78 is 3.69. The Balaban J connectivity index is 2.24. The Morgan fingerprint density at radius 3 is 2.59 bits per heavy atom. The fourth-order valence-corrected chi connectivity index (χ4v) is 3.47. The number of para-hydroxylation sites is 2. The van der Waals surface area contributed by atoms with E-state index in [1.165, 1.54) is 11.3 Å². The van der Waals surface area contributed by atoms with Crippen LogP contribution in [-0.4, -0.2) is 18.9 Å². The van der Waals surface area contributed by atoms with Gasteiger partial charge in [0.1, 0.15) is 22.5 Å². The normalized spacial score (nSPS) is 11.8. The quantitative estimate of drug-likeness (QED) is 0.570. The Morgan fingerprint density at radius 2 is 1.91 bits per heavy atom. The van der Waals surface area contributed by atoms with Crippen LogP contribution in [0, 0.1) is 0 Å². The lowest BCUT2D eigenvalue weighted by atomic mass is 10.2. The van der Waals surface area contributed by atoms with E-state index in [2.05, 4.69) is 9.97 Å². The monoisotopic (exact) mass is 310 g/mol. The van der Waals surface area contributed by atoms with E-state index in [1.807, 2.05) is 52.5 Å². The van der Waals surface area contributed by atoms with Gasteiger partial charge in [0.05, 0.1) is 11.0 Å². The Hall–Kier alpha value is -2.47. The van der Waals surface area contributed by atoms with Crippen LogP contribution in [-0.2, 0) is 0 Å². The Kier molecular flexibility index (Phi) is 2.87. The molecule has 0 saturated carbocycles. The van der Waals surface area contributed by atoms with Crippen LogP contribution in [0.5, 0.6) is 0 Å². The van der Waals surface area contributed by atoms with Crippen LogP contribution >= 0.6 is 11.3 Å². The molecular formula is C16H14N4OS. The largest absolute Gasteiger partial charge is 0.302 e. The number of thiazole rings is 1. The smallest absolute Gasteiger partial charge is 0.277 e. The van der Waals surface area contributed by atoms with Gasteiger partial charge in [0.25, 0.3) is 5.56 Å². The van der Waals surface area contributed by atoms with Crippen LogP contribution in [0.2, 0.25) is 0 Å². The molecule has 3 heterocycles. The van der Waals surface area contributed by atoms with Crippen molar-refractivity contribution in [2.45, 2.75) is 19.9 Å². The molecule has 0 radical (unpaired) electrons. The predicted molar refractivity (Wildman–Crippen MR) is 88.5 cm³/mol. The molecule has 0 amide bonds. The highest BCUT2D eigenvalue weighted by Gasteiger charge is 2.18. The molecule has 22 heavy (non-hydrogen) atoms. The summed E-state index contributed by atoms with van der Waals surface area (Å²) >= 11 is 1.49. The van der Waals surface area contributed by atoms with Crippen LogP contribution in [0.15, 0.2) is 47.0 Å². The molecule has 3 aromatic heterocycles. The number of hydrogen-bond acceptors (Lipinski definition) is 4. The van der Waals surface area contributed by atoms with Crippen LogP contribution in [0.3, 0.4) is 0 Å². The van der Waals surface area contributed by atoms with Gasteiger partial charge in [-0.05, 0) is 26.0 Å². The fourth-order valence-electron chi connectivity index (χ4n) is 2.84. The Labute approximate surface area is 130 Å². The summed E-state index contributed by atoms with van der Waals surface area (Å²) in [5, 5.41) is 2.66. The molecule has 4 rings (SSSR count). The van der Waals surface area contributed by atoms with E-state index in [1.54, 1.807) is 12.5 Å². The van der Waals surface area contributed by atoms with E-state index < -0.39 is 0 Å². The number of imidazole rings is 1. The van der Waals surface area contributed by atoms with Crippen molar-refractivity contribution in [2.75, 3.05) is 0 Å². The molecule has 0 atom stereocenters. The van der Waals surface area contributed by atoms with Crippen molar-refractivity contribution in [3.05, 3.63) is 52.5 Å². The first kappa shape index (κ1) is 13.2. The second-order valence-corrected chi connectivity index (χ2v) is 6.30. The summed E-state index contributed by atoms with van der Waals surface area (Å²) in [7, 11) is 0. The molecule has 110 valence electrons. The van der Waals surface area contributed by atoms with Gasteiger partial charge in [0, 0.05) is 17.6 Å². The number of fused-ring (bicyclic) bond motifs is 3. The van der Waals surface area contributed by atoms with Crippen molar-refractivity contribution in [3.63, 3.8) is 0 Å². The van der Waals surface area contributed by atoms with Crippen molar-refractivity contribution < 1.29 is 0 Å². The number of nitrogens with zero attached hydrogens (tertiary/aromatic N) is 4. The maximum absolute atomic E-state index is 13.0. The van der Waals surface area contributed by atoms with Gasteiger partial charge in [-0.1, -0.05) is 12.1 Å². The summed E-state index contributed by atoms with van der Waals surface area (Å²) in [6.07, 6.45) is 3.44. The fraction of sp³-hybridized carbons (Fsp3) is 0.188. The highest BCUT2D eigenvalue weighted by molar-refractivity contribution is 7.13. The second kappa shape index (κ2) is 4.78. The zero-order valence-corrected chi connectivity index (χ0v) is 13.0. The predicted octanol–water partition coefficient (Wildman–Crippen LogP) is 3.35. The maximum atomic E-state index is 13.0. The van der Waals surface area contributed by atoms with E-state index in [0.29, 0.717) is 11.2 Å². The topological polar surface area (TPSA) is 52.2 Å². The summed E-state index contributed by atoms with van der Waals surface area (Å²) in [4.78, 5) is 21.8. The van der Waals surface area contributed by atoms with Gasteiger partial charge < -0.3 is 4.57 Å². The second-order valence-electron chi connectivity index (χ2n) is 5.41. The molecular weight excluding hydrogens is 296 g/mol. The zero-order chi connectivity index (χ0) is 15.3. The van der Waals surface area contributed by atoms with Crippen LogP contribution < -0.4 is 5.56 Å². The Bertz CT molecular complexity index is 1030. The minimum absolute atomic E-state index is 0.0311. The van der Waals surface area contributed by atoms with Crippen molar-refractivity contribution >= 4 is 27.9 Å². The third-order valence-corrected chi connectivity index (χ3v) is 4.52. The number of rotatable bonds is 2. The molecule has 6 heteroatoms. The van der Waals surface area contributed by atoms with E-state index in [9.17, 15) is 4.79 Å². The van der Waals surface area contributed by atoms with Crippen molar-refractivity contribution in [1.82, 2.24) is 18.9 Å². The molecule has 0 fully saturated rings. The molecule has 4 aromatic rings. The lowest BCUT2D eigenvalue weighted by molar-refractivity contribution is 0.601. The first-order chi connectivity index (χ1) is 10.7. The van der Waals surface area contributed by atoms with Gasteiger partial charge in [-0.25, -0.2) is 9.97 Å². The number of benzene rings is 1. The average Bonchev–Trinajstić information content (AvgIpc) is 3.16. The highest BCUT2D eigenvalue weighted by atomic mass is 32.1.